The average Bonchev–Trinajstić information content (AvgIpc) is 2.31. The van der Waals surface area contributed by atoms with E-state index >= 15 is 0 Å². The van der Waals surface area contributed by atoms with Gasteiger partial charge in [-0.05, 0) is 37.3 Å². The summed E-state index contributed by atoms with van der Waals surface area (Å²) in [5.74, 6) is 0.338. The maximum absolute atomic E-state index is 12.9. The highest BCUT2D eigenvalue weighted by molar-refractivity contribution is 6.33. The van der Waals surface area contributed by atoms with Crippen molar-refractivity contribution < 1.29 is 4.39 Å². The number of halogens is 2. The van der Waals surface area contributed by atoms with Crippen molar-refractivity contribution in [3.8, 4) is 11.3 Å². The molecular formula is C12H11ClFN3. The van der Waals surface area contributed by atoms with E-state index in [-0.39, 0.29) is 5.82 Å². The highest BCUT2D eigenvalue weighted by Crippen LogP contribution is 2.26. The van der Waals surface area contributed by atoms with Crippen LogP contribution in [-0.4, -0.2) is 16.7 Å². The van der Waals surface area contributed by atoms with Crippen LogP contribution in [0.25, 0.3) is 11.3 Å². The van der Waals surface area contributed by atoms with Gasteiger partial charge in [-0.1, -0.05) is 11.6 Å². The summed E-state index contributed by atoms with van der Waals surface area (Å²) in [6, 6.07) is 7.81. The summed E-state index contributed by atoms with van der Waals surface area (Å²) in [4.78, 5) is 0. The molecule has 0 bridgehead atoms. The van der Waals surface area contributed by atoms with Crippen LogP contribution in [0.1, 0.15) is 6.92 Å². The van der Waals surface area contributed by atoms with E-state index in [0.29, 0.717) is 22.1 Å². The molecule has 0 fully saturated rings. The highest BCUT2D eigenvalue weighted by atomic mass is 35.5. The number of rotatable bonds is 3. The first kappa shape index (κ1) is 11.8. The lowest BCUT2D eigenvalue weighted by molar-refractivity contribution is 0.628. The molecule has 1 aromatic carbocycles. The number of nitrogens with one attached hydrogen (secondary N) is 1. The van der Waals surface area contributed by atoms with Crippen molar-refractivity contribution in [3.05, 3.63) is 41.2 Å². The molecule has 2 aromatic rings. The van der Waals surface area contributed by atoms with Gasteiger partial charge in [0.1, 0.15) is 11.6 Å². The second-order valence-corrected chi connectivity index (χ2v) is 3.87. The van der Waals surface area contributed by atoms with Crippen molar-refractivity contribution in [3.63, 3.8) is 0 Å². The minimum absolute atomic E-state index is 0.329. The maximum atomic E-state index is 12.9. The lowest BCUT2D eigenvalue weighted by Gasteiger charge is -2.05. The molecule has 3 nitrogen and oxygen atoms in total. The van der Waals surface area contributed by atoms with Gasteiger partial charge >= 0.3 is 0 Å². The van der Waals surface area contributed by atoms with Gasteiger partial charge in [0, 0.05) is 12.1 Å². The van der Waals surface area contributed by atoms with Gasteiger partial charge in [-0.25, -0.2) is 4.39 Å². The predicted molar refractivity (Wildman–Crippen MR) is 66.6 cm³/mol. The molecular weight excluding hydrogens is 241 g/mol. The fraction of sp³-hybridized carbons (Fsp3) is 0.167. The fourth-order valence-corrected chi connectivity index (χ4v) is 1.71. The van der Waals surface area contributed by atoms with Crippen molar-refractivity contribution >= 4 is 17.4 Å². The van der Waals surface area contributed by atoms with Crippen LogP contribution in [-0.2, 0) is 0 Å². The van der Waals surface area contributed by atoms with E-state index in [0.717, 1.165) is 6.54 Å². The zero-order chi connectivity index (χ0) is 12.3. The Morgan fingerprint density at radius 3 is 2.65 bits per heavy atom. The summed E-state index contributed by atoms with van der Waals surface area (Å²) in [7, 11) is 0. The molecule has 0 saturated heterocycles. The van der Waals surface area contributed by atoms with Crippen LogP contribution in [0.2, 0.25) is 5.02 Å². The molecule has 1 heterocycles. The summed E-state index contributed by atoms with van der Waals surface area (Å²) in [5.41, 5.74) is 1.29. The van der Waals surface area contributed by atoms with Crippen molar-refractivity contribution in [1.29, 1.82) is 0 Å². The first-order valence-corrected chi connectivity index (χ1v) is 5.61. The van der Waals surface area contributed by atoms with Crippen molar-refractivity contribution in [1.82, 2.24) is 10.2 Å². The molecule has 0 aliphatic heterocycles. The zero-order valence-corrected chi connectivity index (χ0v) is 10.0. The van der Waals surface area contributed by atoms with Gasteiger partial charge in [-0.2, -0.15) is 0 Å². The van der Waals surface area contributed by atoms with Gasteiger partial charge in [0.2, 0.25) is 0 Å². The SMILES string of the molecule is CCNc1ccc(-c2ccc(F)cc2Cl)nn1. The molecule has 0 spiro atoms. The van der Waals surface area contributed by atoms with Crippen LogP contribution < -0.4 is 5.32 Å². The monoisotopic (exact) mass is 251 g/mol. The van der Waals surface area contributed by atoms with Gasteiger partial charge < -0.3 is 5.32 Å². The minimum Gasteiger partial charge on any atom is -0.369 e. The van der Waals surface area contributed by atoms with Crippen molar-refractivity contribution in [2.45, 2.75) is 6.92 Å². The van der Waals surface area contributed by atoms with Crippen LogP contribution in [0.5, 0.6) is 0 Å². The van der Waals surface area contributed by atoms with Crippen molar-refractivity contribution in [2.75, 3.05) is 11.9 Å². The van der Waals surface area contributed by atoms with Crippen LogP contribution in [0.3, 0.4) is 0 Å². The molecule has 0 saturated carbocycles. The second-order valence-electron chi connectivity index (χ2n) is 3.46. The average molecular weight is 252 g/mol. The molecule has 17 heavy (non-hydrogen) atoms. The molecule has 5 heteroatoms. The van der Waals surface area contributed by atoms with E-state index in [1.165, 1.54) is 12.1 Å². The Labute approximate surface area is 104 Å². The molecule has 0 aliphatic rings. The van der Waals surface area contributed by atoms with E-state index in [1.54, 1.807) is 12.1 Å². The second kappa shape index (κ2) is 5.10. The van der Waals surface area contributed by atoms with Gasteiger partial charge in [0.05, 0.1) is 10.7 Å². The third kappa shape index (κ3) is 2.71. The van der Waals surface area contributed by atoms with Crippen LogP contribution in [0, 0.1) is 5.82 Å². The molecule has 0 amide bonds. The Bertz CT molecular complexity index is 514. The Morgan fingerprint density at radius 1 is 1.24 bits per heavy atom. The quantitative estimate of drug-likeness (QED) is 0.909. The third-order valence-corrected chi connectivity index (χ3v) is 2.54. The standard InChI is InChI=1S/C12H11ClFN3/c1-2-15-12-6-5-11(16-17-12)9-4-3-8(14)7-10(9)13/h3-7H,2H2,1H3,(H,15,17). The fourth-order valence-electron chi connectivity index (χ4n) is 1.45. The molecule has 1 aromatic heterocycles. The van der Waals surface area contributed by atoms with Gasteiger partial charge in [0.25, 0.3) is 0 Å². The molecule has 0 radical (unpaired) electrons. The molecule has 1 N–H and O–H groups in total. The Hall–Kier alpha value is -1.68. The summed E-state index contributed by atoms with van der Waals surface area (Å²) in [5, 5.41) is 11.4. The Balaban J connectivity index is 2.33. The van der Waals surface area contributed by atoms with E-state index < -0.39 is 0 Å². The summed E-state index contributed by atoms with van der Waals surface area (Å²) in [6.07, 6.45) is 0. The summed E-state index contributed by atoms with van der Waals surface area (Å²) < 4.78 is 12.9. The molecule has 88 valence electrons. The maximum Gasteiger partial charge on any atom is 0.148 e. The first-order valence-electron chi connectivity index (χ1n) is 5.23. The summed E-state index contributed by atoms with van der Waals surface area (Å²) >= 11 is 5.94. The smallest absolute Gasteiger partial charge is 0.148 e. The van der Waals surface area contributed by atoms with E-state index in [1.807, 2.05) is 13.0 Å². The number of hydrogen-bond donors (Lipinski definition) is 1. The Kier molecular flexibility index (Phi) is 3.54. The van der Waals surface area contributed by atoms with Gasteiger partial charge in [-0.3, -0.25) is 0 Å². The zero-order valence-electron chi connectivity index (χ0n) is 9.24. The summed E-state index contributed by atoms with van der Waals surface area (Å²) in [6.45, 7) is 2.76. The number of aromatic nitrogens is 2. The van der Waals surface area contributed by atoms with Crippen molar-refractivity contribution in [2.24, 2.45) is 0 Å². The highest BCUT2D eigenvalue weighted by Gasteiger charge is 2.06. The number of nitrogens with zero attached hydrogens (tertiary/aromatic N) is 2. The number of hydrogen-bond acceptors (Lipinski definition) is 3. The van der Waals surface area contributed by atoms with Gasteiger partial charge in [0.15, 0.2) is 0 Å². The lowest BCUT2D eigenvalue weighted by atomic mass is 10.1. The van der Waals surface area contributed by atoms with Crippen LogP contribution >= 0.6 is 11.6 Å². The van der Waals surface area contributed by atoms with Gasteiger partial charge in [-0.15, -0.1) is 10.2 Å². The minimum atomic E-state index is -0.365. The molecule has 0 atom stereocenters. The van der Waals surface area contributed by atoms with E-state index in [2.05, 4.69) is 15.5 Å². The number of anilines is 1. The molecule has 0 aliphatic carbocycles. The normalized spacial score (nSPS) is 10.3. The molecule has 0 unspecified atom stereocenters. The van der Waals surface area contributed by atoms with E-state index in [9.17, 15) is 4.39 Å². The predicted octanol–water partition coefficient (Wildman–Crippen LogP) is 3.37. The van der Waals surface area contributed by atoms with E-state index in [4.69, 9.17) is 11.6 Å². The number of benzene rings is 1. The lowest BCUT2D eigenvalue weighted by Crippen LogP contribution is -2.00. The topological polar surface area (TPSA) is 37.8 Å². The Morgan fingerprint density at radius 2 is 2.06 bits per heavy atom. The molecule has 2 rings (SSSR count). The van der Waals surface area contributed by atoms with Crippen LogP contribution in [0.4, 0.5) is 10.2 Å². The third-order valence-electron chi connectivity index (χ3n) is 2.23. The van der Waals surface area contributed by atoms with Crippen LogP contribution in [0.15, 0.2) is 30.3 Å². The largest absolute Gasteiger partial charge is 0.369 e. The first-order chi connectivity index (χ1) is 8.20.